The summed E-state index contributed by atoms with van der Waals surface area (Å²) < 4.78 is 0. The van der Waals surface area contributed by atoms with E-state index in [2.05, 4.69) is 12.1 Å². The Hall–Kier alpha value is -7.00. The molecule has 0 aromatic heterocycles. The molecule has 24 rings (SSSR count). The quantitative estimate of drug-likeness (QED) is 0.0846. The maximum Gasteiger partial charge on any atom is 0.127 e. The van der Waals surface area contributed by atoms with Crippen molar-refractivity contribution >= 4 is 5.57 Å². The minimum Gasteiger partial charge on any atom is -0.378 e. The van der Waals surface area contributed by atoms with E-state index in [1.54, 1.807) is 72.9 Å². The van der Waals surface area contributed by atoms with Crippen LogP contribution in [0.4, 0.5) is 0 Å². The number of benzene rings is 6. The van der Waals surface area contributed by atoms with Gasteiger partial charge in [0.1, 0.15) is 33.6 Å². The van der Waals surface area contributed by atoms with Crippen molar-refractivity contribution in [2.45, 2.75) is 46.4 Å². The van der Waals surface area contributed by atoms with Gasteiger partial charge in [0.2, 0.25) is 0 Å². The Bertz CT molecular complexity index is 3080. The van der Waals surface area contributed by atoms with Gasteiger partial charge in [0.05, 0.1) is 0 Å². The number of hydrogen-bond donors (Lipinski definition) is 6. The molecule has 0 saturated heterocycles. The Morgan fingerprint density at radius 3 is 0.818 bits per heavy atom. The highest BCUT2D eigenvalue weighted by molar-refractivity contribution is 5.74. The molecule has 6 aromatic rings. The molecule has 0 radical (unpaired) electrons. The summed E-state index contributed by atoms with van der Waals surface area (Å²) in [5.41, 5.74) is 3.70. The van der Waals surface area contributed by atoms with Gasteiger partial charge >= 0.3 is 0 Å². The summed E-state index contributed by atoms with van der Waals surface area (Å²) in [6, 6.07) is 46.8. The van der Waals surface area contributed by atoms with Crippen LogP contribution in [0.3, 0.4) is 0 Å². The molecule has 18 aliphatic rings. The maximum atomic E-state index is 11.8. The van der Waals surface area contributed by atoms with E-state index in [1.807, 2.05) is 146 Å². The lowest BCUT2D eigenvalue weighted by atomic mass is 9.78. The van der Waals surface area contributed by atoms with Gasteiger partial charge in [-0.05, 0) is 170 Å². The van der Waals surface area contributed by atoms with Crippen molar-refractivity contribution in [1.82, 2.24) is 0 Å². The third-order valence-electron chi connectivity index (χ3n) is 14.2. The van der Waals surface area contributed by atoms with E-state index in [-0.39, 0.29) is 0 Å². The maximum absolute atomic E-state index is 11.8. The molecule has 0 unspecified atom stereocenters. The zero-order valence-corrected chi connectivity index (χ0v) is 36.0. The van der Waals surface area contributed by atoms with Gasteiger partial charge in [-0.3, -0.25) is 0 Å². The molecule has 324 valence electrons. The van der Waals surface area contributed by atoms with E-state index >= 15 is 0 Å². The second-order valence-electron chi connectivity index (χ2n) is 18.3. The second-order valence-corrected chi connectivity index (χ2v) is 18.3. The van der Waals surface area contributed by atoms with Crippen LogP contribution in [-0.4, -0.2) is 36.2 Å². The van der Waals surface area contributed by atoms with Crippen molar-refractivity contribution in [3.8, 4) is 33.4 Å². The molecule has 18 aliphatic carbocycles. The van der Waals surface area contributed by atoms with Crippen LogP contribution in [-0.2, 0) is 28.0 Å². The van der Waals surface area contributed by atoms with Gasteiger partial charge in [-0.2, -0.15) is 0 Å². The predicted octanol–water partition coefficient (Wildman–Crippen LogP) is 10.3. The number of allylic oxidation sites excluding steroid dienone is 3. The lowest BCUT2D eigenvalue weighted by Crippen LogP contribution is -2.33. The number of rotatable bonds is 0. The fraction of sp³-hybridized carbons (Fsp3) is 0.133. The summed E-state index contributed by atoms with van der Waals surface area (Å²) in [7, 11) is 0. The van der Waals surface area contributed by atoms with E-state index in [0.29, 0.717) is 40.7 Å². The topological polar surface area (TPSA) is 121 Å². The van der Waals surface area contributed by atoms with E-state index in [1.165, 1.54) is 0 Å². The first kappa shape index (κ1) is 41.7. The van der Waals surface area contributed by atoms with Crippen molar-refractivity contribution < 1.29 is 30.6 Å². The van der Waals surface area contributed by atoms with Crippen molar-refractivity contribution in [3.05, 3.63) is 270 Å². The zero-order valence-electron chi connectivity index (χ0n) is 36.0. The first-order valence-electron chi connectivity index (χ1n) is 22.4. The Kier molecular flexibility index (Phi) is 9.66. The Labute approximate surface area is 384 Å². The van der Waals surface area contributed by atoms with Crippen LogP contribution in [0.5, 0.6) is 0 Å². The van der Waals surface area contributed by atoms with Gasteiger partial charge in [0, 0.05) is 0 Å². The fourth-order valence-electron chi connectivity index (χ4n) is 9.79. The van der Waals surface area contributed by atoms with Gasteiger partial charge < -0.3 is 30.6 Å². The van der Waals surface area contributed by atoms with Gasteiger partial charge in [-0.15, -0.1) is 0 Å². The summed E-state index contributed by atoms with van der Waals surface area (Å²) in [4.78, 5) is 0. The van der Waals surface area contributed by atoms with Crippen LogP contribution in [0.15, 0.2) is 236 Å². The normalized spacial score (nSPS) is 29.1. The van der Waals surface area contributed by atoms with Crippen LogP contribution < -0.4 is 0 Å². The number of hydrogen-bond acceptors (Lipinski definition) is 6. The van der Waals surface area contributed by atoms with E-state index in [9.17, 15) is 30.6 Å². The molecule has 66 heavy (non-hydrogen) atoms. The zero-order chi connectivity index (χ0) is 45.4. The van der Waals surface area contributed by atoms with E-state index in [4.69, 9.17) is 0 Å². The molecular weight excluding hydrogens is 817 g/mol. The van der Waals surface area contributed by atoms with Crippen molar-refractivity contribution in [3.63, 3.8) is 0 Å². The Morgan fingerprint density at radius 1 is 0.258 bits per heavy atom. The smallest absolute Gasteiger partial charge is 0.127 e. The highest BCUT2D eigenvalue weighted by atomic mass is 16.3. The summed E-state index contributed by atoms with van der Waals surface area (Å²) in [5.74, 6) is 0. The monoisotopic (exact) mass is 864 g/mol. The van der Waals surface area contributed by atoms with Crippen LogP contribution in [0.1, 0.15) is 46.2 Å². The second kappa shape index (κ2) is 15.3. The lowest BCUT2D eigenvalue weighted by molar-refractivity contribution is 0.106. The highest BCUT2D eigenvalue weighted by Gasteiger charge is 2.37. The molecular formula is C60H48O6. The summed E-state index contributed by atoms with van der Waals surface area (Å²) in [6.45, 7) is 0. The molecule has 0 amide bonds. The van der Waals surface area contributed by atoms with Crippen LogP contribution in [0.2, 0.25) is 0 Å². The molecule has 0 fully saturated rings. The highest BCUT2D eigenvalue weighted by Crippen LogP contribution is 2.42. The van der Waals surface area contributed by atoms with Crippen LogP contribution in [0, 0.1) is 0 Å². The standard InChI is InChI=1S/C60H48O6/c61-55-28-30-56(62,31-29-55)50-18-6-42(7-19-50)44-10-22-52(23-11-44)58(64)34-38-60(66,39-35-58)54-26-14-46(15-27-54)48-3-1-2-47(40-48)45-12-24-53(25-13-45)59(65)36-32-57(63,33-37-59)51-20-8-43(9-21-51)41-4-16-49(55)17-5-41/h1-10,12-22,24-40,61-66H,11,23H2. The molecule has 20 bridgehead atoms. The van der Waals surface area contributed by atoms with E-state index in [0.717, 1.165) is 50.1 Å². The van der Waals surface area contributed by atoms with Crippen molar-refractivity contribution in [2.24, 2.45) is 0 Å². The van der Waals surface area contributed by atoms with Gasteiger partial charge in [-0.25, -0.2) is 0 Å². The molecule has 6 heteroatoms. The first-order chi connectivity index (χ1) is 31.7. The third-order valence-corrected chi connectivity index (χ3v) is 14.2. The molecule has 6 aromatic carbocycles. The molecule has 0 aliphatic heterocycles. The van der Waals surface area contributed by atoms with Gasteiger partial charge in [0.25, 0.3) is 0 Å². The molecule has 0 heterocycles. The average Bonchev–Trinajstić information content (AvgIpc) is 3.37. The molecule has 0 atom stereocenters. The van der Waals surface area contributed by atoms with Gasteiger partial charge in [0.15, 0.2) is 0 Å². The third kappa shape index (κ3) is 7.25. The van der Waals surface area contributed by atoms with Crippen LogP contribution >= 0.6 is 0 Å². The van der Waals surface area contributed by atoms with E-state index < -0.39 is 33.6 Å². The molecule has 6 N–H and O–H groups in total. The summed E-state index contributed by atoms with van der Waals surface area (Å²) >= 11 is 0. The molecule has 0 saturated carbocycles. The Morgan fingerprint density at radius 2 is 0.530 bits per heavy atom. The Balaban J connectivity index is 0.920. The minimum absolute atomic E-state index is 0.623. The summed E-state index contributed by atoms with van der Waals surface area (Å²) in [5, 5.41) is 70.4. The first-order valence-corrected chi connectivity index (χ1v) is 22.4. The van der Waals surface area contributed by atoms with Gasteiger partial charge in [-0.1, -0.05) is 152 Å². The SMILES string of the molecule is OC12C=CC(O)(C=C1)c1ccc(cc1)-c1cccc(c1)-c1ccc(cc1)C1(O)C=CC(O)(C=C1)c1ccc(cc1)-c1ccc(cc1)C1(O)C=CC(O)(C=C1)c1ccc(cc1)C1=CC=C2CC1. The average molecular weight is 865 g/mol. The fourth-order valence-corrected chi connectivity index (χ4v) is 9.79. The van der Waals surface area contributed by atoms with Crippen molar-refractivity contribution in [1.29, 1.82) is 0 Å². The predicted molar refractivity (Wildman–Crippen MR) is 260 cm³/mol. The summed E-state index contributed by atoms with van der Waals surface area (Å²) in [6.07, 6.45) is 25.0. The lowest BCUT2D eigenvalue weighted by Gasteiger charge is -2.34. The largest absolute Gasteiger partial charge is 0.378 e. The molecule has 6 nitrogen and oxygen atoms in total. The molecule has 0 spiro atoms. The van der Waals surface area contributed by atoms with Crippen molar-refractivity contribution in [2.75, 3.05) is 0 Å². The minimum atomic E-state index is -1.42. The van der Waals surface area contributed by atoms with Crippen LogP contribution in [0.25, 0.3) is 39.0 Å². The number of aliphatic hydroxyl groups is 6.